The molecule has 2 aliphatic rings. The van der Waals surface area contributed by atoms with Gasteiger partial charge in [0.15, 0.2) is 15.0 Å². The van der Waals surface area contributed by atoms with Gasteiger partial charge in [0.1, 0.15) is 11.4 Å². The number of benzene rings is 1. The van der Waals surface area contributed by atoms with Gasteiger partial charge >= 0.3 is 0 Å². The molecule has 1 aromatic carbocycles. The summed E-state index contributed by atoms with van der Waals surface area (Å²) in [4.78, 5) is 32.4. The van der Waals surface area contributed by atoms with Gasteiger partial charge in [-0.1, -0.05) is 29.4 Å². The fourth-order valence-electron chi connectivity index (χ4n) is 3.43. The number of amidine groups is 1. The Morgan fingerprint density at radius 1 is 1.42 bits per heavy atom. The van der Waals surface area contributed by atoms with E-state index in [2.05, 4.69) is 10.3 Å². The highest BCUT2D eigenvalue weighted by atomic mass is 35.5. The maximum Gasteiger partial charge on any atom is 0.283 e. The number of thioether (sulfide) groups is 1. The van der Waals surface area contributed by atoms with E-state index in [0.717, 1.165) is 16.6 Å². The molecule has 4 rings (SSSR count). The molecule has 174 valence electrons. The molecule has 0 saturated carbocycles. The van der Waals surface area contributed by atoms with E-state index < -0.39 is 9.84 Å². The van der Waals surface area contributed by atoms with Crippen molar-refractivity contribution < 1.29 is 22.7 Å². The summed E-state index contributed by atoms with van der Waals surface area (Å²) in [5.41, 5.74) is 0.739. The van der Waals surface area contributed by atoms with Crippen LogP contribution in [0.4, 0.5) is 5.69 Å². The van der Waals surface area contributed by atoms with Gasteiger partial charge in [-0.2, -0.15) is 0 Å². The highest BCUT2D eigenvalue weighted by molar-refractivity contribution is 8.14. The third kappa shape index (κ3) is 5.60. The highest BCUT2D eigenvalue weighted by Crippen LogP contribution is 2.34. The molecule has 1 atom stereocenters. The summed E-state index contributed by atoms with van der Waals surface area (Å²) in [5, 5.41) is 5.32. The number of methoxy groups -OCH3 is 1. The third-order valence-corrected chi connectivity index (χ3v) is 8.80. The van der Waals surface area contributed by atoms with Crippen LogP contribution in [0.5, 0.6) is 5.75 Å². The fraction of sp³-hybridized carbons (Fsp3) is 0.286. The van der Waals surface area contributed by atoms with Gasteiger partial charge in [-0.3, -0.25) is 14.5 Å². The molecule has 1 unspecified atom stereocenters. The molecule has 1 saturated heterocycles. The minimum absolute atomic E-state index is 0.0185. The van der Waals surface area contributed by atoms with Crippen molar-refractivity contribution in [2.75, 3.05) is 29.3 Å². The first-order valence-electron chi connectivity index (χ1n) is 9.90. The Morgan fingerprint density at radius 2 is 2.24 bits per heavy atom. The highest BCUT2D eigenvalue weighted by Gasteiger charge is 2.34. The standard InChI is InChI=1S/C21H20ClN3O5S3/c1-30-18-5-4-14(9-16(18)22)25-20(27)17(10-15-3-2-7-31-15)24-21(25)32-11-19(26)23-13-6-8-33(28,29)12-13/h2-5,7,9-10,13H,6,8,11-12H2,1H3,(H,23,26)/b17-10-. The lowest BCUT2D eigenvalue weighted by molar-refractivity contribution is -0.119. The number of aliphatic imine (C=N–C) groups is 1. The Morgan fingerprint density at radius 3 is 2.88 bits per heavy atom. The summed E-state index contributed by atoms with van der Waals surface area (Å²) in [6.07, 6.45) is 2.10. The van der Waals surface area contributed by atoms with E-state index in [1.165, 1.54) is 23.3 Å². The zero-order valence-corrected chi connectivity index (χ0v) is 20.7. The zero-order valence-electron chi connectivity index (χ0n) is 17.5. The predicted octanol–water partition coefficient (Wildman–Crippen LogP) is 3.19. The first-order chi connectivity index (χ1) is 15.8. The average molecular weight is 526 g/mol. The van der Waals surface area contributed by atoms with Crippen LogP contribution in [-0.4, -0.2) is 55.8 Å². The number of nitrogens with one attached hydrogen (secondary N) is 1. The van der Waals surface area contributed by atoms with Crippen molar-refractivity contribution in [1.82, 2.24) is 5.32 Å². The molecule has 1 fully saturated rings. The van der Waals surface area contributed by atoms with Crippen molar-refractivity contribution in [2.45, 2.75) is 12.5 Å². The van der Waals surface area contributed by atoms with Crippen molar-refractivity contribution in [3.05, 3.63) is 51.3 Å². The van der Waals surface area contributed by atoms with E-state index in [0.29, 0.717) is 28.0 Å². The van der Waals surface area contributed by atoms with E-state index in [4.69, 9.17) is 16.3 Å². The maximum atomic E-state index is 13.2. The Kier molecular flexibility index (Phi) is 7.13. The fourth-order valence-corrected chi connectivity index (χ4v) is 6.83. The molecule has 3 heterocycles. The molecule has 8 nitrogen and oxygen atoms in total. The maximum absolute atomic E-state index is 13.2. The van der Waals surface area contributed by atoms with Crippen LogP contribution in [0.2, 0.25) is 5.02 Å². The second-order valence-electron chi connectivity index (χ2n) is 7.35. The predicted molar refractivity (Wildman–Crippen MR) is 133 cm³/mol. The van der Waals surface area contributed by atoms with E-state index >= 15 is 0 Å². The lowest BCUT2D eigenvalue weighted by Crippen LogP contribution is -2.37. The molecular formula is C21H20ClN3O5S3. The quantitative estimate of drug-likeness (QED) is 0.581. The molecule has 33 heavy (non-hydrogen) atoms. The van der Waals surface area contributed by atoms with Crippen LogP contribution in [0.25, 0.3) is 6.08 Å². The summed E-state index contributed by atoms with van der Waals surface area (Å²) in [5.74, 6) is -0.175. The number of halogens is 1. The lowest BCUT2D eigenvalue weighted by atomic mass is 10.2. The Bertz CT molecular complexity index is 1240. The van der Waals surface area contributed by atoms with Gasteiger partial charge < -0.3 is 10.1 Å². The van der Waals surface area contributed by atoms with Crippen LogP contribution >= 0.6 is 34.7 Å². The number of thiophene rings is 1. The number of rotatable bonds is 6. The number of hydrogen-bond donors (Lipinski definition) is 1. The normalized spacial score (nSPS) is 20.8. The van der Waals surface area contributed by atoms with Crippen molar-refractivity contribution in [1.29, 1.82) is 0 Å². The van der Waals surface area contributed by atoms with Gasteiger partial charge in [0.05, 0.1) is 35.1 Å². The van der Waals surface area contributed by atoms with Crippen molar-refractivity contribution in [2.24, 2.45) is 4.99 Å². The molecule has 0 radical (unpaired) electrons. The minimum atomic E-state index is -3.09. The van der Waals surface area contributed by atoms with Gasteiger partial charge in [0, 0.05) is 10.9 Å². The number of carbonyl (C=O) groups is 2. The molecule has 0 spiro atoms. The molecule has 2 amide bonds. The number of sulfone groups is 1. The van der Waals surface area contributed by atoms with Gasteiger partial charge in [-0.15, -0.1) is 11.3 Å². The van der Waals surface area contributed by atoms with Crippen molar-refractivity contribution in [3.8, 4) is 5.75 Å². The topological polar surface area (TPSA) is 105 Å². The smallest absolute Gasteiger partial charge is 0.283 e. The zero-order chi connectivity index (χ0) is 23.6. The van der Waals surface area contributed by atoms with E-state index in [-0.39, 0.29) is 40.8 Å². The van der Waals surface area contributed by atoms with Crippen LogP contribution in [0.3, 0.4) is 0 Å². The van der Waals surface area contributed by atoms with Crippen LogP contribution in [0, 0.1) is 0 Å². The van der Waals surface area contributed by atoms with Gasteiger partial charge in [0.25, 0.3) is 5.91 Å². The largest absolute Gasteiger partial charge is 0.495 e. The number of carbonyl (C=O) groups excluding carboxylic acids is 2. The SMILES string of the molecule is COc1ccc(N2C(=O)/C(=C/c3cccs3)N=C2SCC(=O)NC2CCS(=O)(=O)C2)cc1Cl. The molecule has 2 aromatic rings. The molecule has 12 heteroatoms. The summed E-state index contributed by atoms with van der Waals surface area (Å²) in [7, 11) is -1.59. The average Bonchev–Trinajstić information content (AvgIpc) is 3.47. The van der Waals surface area contributed by atoms with E-state index in [1.807, 2.05) is 17.5 Å². The number of ether oxygens (including phenoxy) is 1. The van der Waals surface area contributed by atoms with Crippen molar-refractivity contribution in [3.63, 3.8) is 0 Å². The second-order valence-corrected chi connectivity index (χ2v) is 11.9. The summed E-state index contributed by atoms with van der Waals surface area (Å²) in [6, 6.07) is 8.32. The summed E-state index contributed by atoms with van der Waals surface area (Å²) < 4.78 is 28.4. The van der Waals surface area contributed by atoms with E-state index in [9.17, 15) is 18.0 Å². The molecule has 1 N–H and O–H groups in total. The van der Waals surface area contributed by atoms with Gasteiger partial charge in [0.2, 0.25) is 5.91 Å². The van der Waals surface area contributed by atoms with Crippen LogP contribution in [0.15, 0.2) is 46.4 Å². The monoisotopic (exact) mass is 525 g/mol. The molecular weight excluding hydrogens is 506 g/mol. The van der Waals surface area contributed by atoms with Crippen LogP contribution < -0.4 is 15.0 Å². The number of hydrogen-bond acceptors (Lipinski definition) is 8. The molecule has 0 bridgehead atoms. The molecule has 0 aliphatic carbocycles. The summed E-state index contributed by atoms with van der Waals surface area (Å²) >= 11 is 8.84. The van der Waals surface area contributed by atoms with Gasteiger partial charge in [-0.25, -0.2) is 13.4 Å². The second kappa shape index (κ2) is 9.88. The molecule has 1 aromatic heterocycles. The Hall–Kier alpha value is -2.34. The van der Waals surface area contributed by atoms with Gasteiger partial charge in [-0.05, 0) is 42.1 Å². The Balaban J connectivity index is 1.54. The number of nitrogens with zero attached hydrogens (tertiary/aromatic N) is 2. The minimum Gasteiger partial charge on any atom is -0.495 e. The summed E-state index contributed by atoms with van der Waals surface area (Å²) in [6.45, 7) is 0. The number of anilines is 1. The van der Waals surface area contributed by atoms with Crippen molar-refractivity contribution >= 4 is 73.3 Å². The lowest BCUT2D eigenvalue weighted by Gasteiger charge is -2.19. The molecule has 2 aliphatic heterocycles. The third-order valence-electron chi connectivity index (χ3n) is 4.98. The van der Waals surface area contributed by atoms with E-state index in [1.54, 1.807) is 24.3 Å². The number of amides is 2. The van der Waals surface area contributed by atoms with Crippen LogP contribution in [0.1, 0.15) is 11.3 Å². The first kappa shape index (κ1) is 23.8. The van der Waals surface area contributed by atoms with Crippen LogP contribution in [-0.2, 0) is 19.4 Å². The first-order valence-corrected chi connectivity index (χ1v) is 14.0. The Labute approximate surface area is 204 Å².